The molecule has 1 saturated heterocycles. The van der Waals surface area contributed by atoms with Gasteiger partial charge in [-0.1, -0.05) is 30.3 Å². The van der Waals surface area contributed by atoms with E-state index in [4.69, 9.17) is 9.47 Å². The van der Waals surface area contributed by atoms with Crippen molar-refractivity contribution in [3.63, 3.8) is 0 Å². The van der Waals surface area contributed by atoms with E-state index in [2.05, 4.69) is 0 Å². The van der Waals surface area contributed by atoms with Crippen LogP contribution in [0.2, 0.25) is 0 Å². The number of carboxylic acids is 1. The molecule has 1 aromatic rings. The molecule has 142 valence electrons. The lowest BCUT2D eigenvalue weighted by Gasteiger charge is -2.39. The number of aliphatic carboxylic acids is 1. The monoisotopic (exact) mass is 364 g/mol. The highest BCUT2D eigenvalue weighted by Gasteiger charge is 2.39. The summed E-state index contributed by atoms with van der Waals surface area (Å²) in [5, 5.41) is 9.44. The standard InChI is InChI=1S/C18H24N2O6/c1-18(2,3)26-17(24)20-10-9-19(11-14(20)15(21)22)16(23)25-12-13-7-5-4-6-8-13/h4-8,14H,9-12H2,1-3H3,(H,21,22)/t14-/m1/s1. The average molecular weight is 364 g/mol. The summed E-state index contributed by atoms with van der Waals surface area (Å²) >= 11 is 0. The molecule has 0 saturated carbocycles. The van der Waals surface area contributed by atoms with E-state index in [-0.39, 0.29) is 26.2 Å². The van der Waals surface area contributed by atoms with Crippen LogP contribution in [-0.2, 0) is 20.9 Å². The van der Waals surface area contributed by atoms with Crippen molar-refractivity contribution in [2.75, 3.05) is 19.6 Å². The van der Waals surface area contributed by atoms with Gasteiger partial charge in [0.2, 0.25) is 0 Å². The summed E-state index contributed by atoms with van der Waals surface area (Å²) in [6.07, 6.45) is -1.31. The van der Waals surface area contributed by atoms with Gasteiger partial charge in [-0.15, -0.1) is 0 Å². The summed E-state index contributed by atoms with van der Waals surface area (Å²) in [4.78, 5) is 38.4. The third-order valence-corrected chi connectivity index (χ3v) is 3.76. The molecule has 0 bridgehead atoms. The van der Waals surface area contributed by atoms with Crippen LogP contribution in [0.5, 0.6) is 0 Å². The van der Waals surface area contributed by atoms with Crippen molar-refractivity contribution in [2.45, 2.75) is 39.0 Å². The summed E-state index contributed by atoms with van der Waals surface area (Å²) in [5.41, 5.74) is 0.106. The van der Waals surface area contributed by atoms with Gasteiger partial charge in [0.25, 0.3) is 0 Å². The largest absolute Gasteiger partial charge is 0.480 e. The predicted octanol–water partition coefficient (Wildman–Crippen LogP) is 2.33. The minimum Gasteiger partial charge on any atom is -0.480 e. The topological polar surface area (TPSA) is 96.4 Å². The number of benzene rings is 1. The minimum atomic E-state index is -1.20. The lowest BCUT2D eigenvalue weighted by molar-refractivity contribution is -0.145. The molecule has 0 radical (unpaired) electrons. The SMILES string of the molecule is CC(C)(C)OC(=O)N1CCN(C(=O)OCc2ccccc2)C[C@@H]1C(=O)O. The Kier molecular flexibility index (Phi) is 6.07. The molecule has 1 N–H and O–H groups in total. The fourth-order valence-corrected chi connectivity index (χ4v) is 2.51. The summed E-state index contributed by atoms with van der Waals surface area (Å²) < 4.78 is 10.5. The highest BCUT2D eigenvalue weighted by molar-refractivity contribution is 5.82. The highest BCUT2D eigenvalue weighted by Crippen LogP contribution is 2.17. The van der Waals surface area contributed by atoms with Gasteiger partial charge < -0.3 is 19.5 Å². The number of piperazine rings is 1. The van der Waals surface area contributed by atoms with Gasteiger partial charge in [-0.05, 0) is 26.3 Å². The molecule has 26 heavy (non-hydrogen) atoms. The van der Waals surface area contributed by atoms with E-state index in [1.54, 1.807) is 20.8 Å². The molecule has 8 nitrogen and oxygen atoms in total. The van der Waals surface area contributed by atoms with E-state index in [9.17, 15) is 19.5 Å². The fraction of sp³-hybridized carbons (Fsp3) is 0.500. The molecule has 0 aromatic heterocycles. The van der Waals surface area contributed by atoms with E-state index in [1.807, 2.05) is 30.3 Å². The van der Waals surface area contributed by atoms with Crippen LogP contribution >= 0.6 is 0 Å². The van der Waals surface area contributed by atoms with Gasteiger partial charge >= 0.3 is 18.2 Å². The molecule has 1 aliphatic heterocycles. The van der Waals surface area contributed by atoms with Crippen molar-refractivity contribution in [1.82, 2.24) is 9.80 Å². The third kappa shape index (κ3) is 5.37. The maximum atomic E-state index is 12.2. The number of amides is 2. The van der Waals surface area contributed by atoms with Crippen LogP contribution in [-0.4, -0.2) is 64.3 Å². The first kappa shape index (κ1) is 19.6. The first-order valence-corrected chi connectivity index (χ1v) is 8.35. The van der Waals surface area contributed by atoms with Crippen LogP contribution in [0.3, 0.4) is 0 Å². The van der Waals surface area contributed by atoms with Crippen molar-refractivity contribution < 1.29 is 29.0 Å². The Bertz CT molecular complexity index is 655. The van der Waals surface area contributed by atoms with Crippen molar-refractivity contribution in [1.29, 1.82) is 0 Å². The Morgan fingerprint density at radius 2 is 1.77 bits per heavy atom. The maximum Gasteiger partial charge on any atom is 0.411 e. The molecule has 0 unspecified atom stereocenters. The zero-order valence-electron chi connectivity index (χ0n) is 15.2. The van der Waals surface area contributed by atoms with Crippen LogP contribution in [0.4, 0.5) is 9.59 Å². The first-order chi connectivity index (χ1) is 12.2. The Balaban J connectivity index is 1.96. The molecule has 1 aliphatic rings. The van der Waals surface area contributed by atoms with Gasteiger partial charge in [0.05, 0.1) is 6.54 Å². The van der Waals surface area contributed by atoms with Crippen molar-refractivity contribution >= 4 is 18.2 Å². The number of nitrogens with zero attached hydrogens (tertiary/aromatic N) is 2. The number of carboxylic acid groups (broad SMARTS) is 1. The average Bonchev–Trinajstić information content (AvgIpc) is 2.58. The second kappa shape index (κ2) is 8.07. The smallest absolute Gasteiger partial charge is 0.411 e. The minimum absolute atomic E-state index is 0.0618. The molecular weight excluding hydrogens is 340 g/mol. The van der Waals surface area contributed by atoms with Crippen LogP contribution in [0.1, 0.15) is 26.3 Å². The second-order valence-corrected chi connectivity index (χ2v) is 7.01. The molecule has 1 atom stereocenters. The highest BCUT2D eigenvalue weighted by atomic mass is 16.6. The van der Waals surface area contributed by atoms with Crippen LogP contribution in [0.25, 0.3) is 0 Å². The summed E-state index contributed by atoms with van der Waals surface area (Å²) in [6, 6.07) is 8.01. The second-order valence-electron chi connectivity index (χ2n) is 7.01. The molecule has 1 heterocycles. The number of carbonyl (C=O) groups is 3. The molecule has 1 fully saturated rings. The number of carbonyl (C=O) groups excluding carboxylic acids is 2. The zero-order valence-corrected chi connectivity index (χ0v) is 15.2. The van der Waals surface area contributed by atoms with Gasteiger partial charge in [-0.2, -0.15) is 0 Å². The van der Waals surface area contributed by atoms with E-state index < -0.39 is 29.8 Å². The third-order valence-electron chi connectivity index (χ3n) is 3.76. The predicted molar refractivity (Wildman–Crippen MR) is 92.6 cm³/mol. The van der Waals surface area contributed by atoms with Crippen molar-refractivity contribution in [2.24, 2.45) is 0 Å². The molecule has 2 amide bonds. The molecule has 0 spiro atoms. The van der Waals surface area contributed by atoms with Crippen molar-refractivity contribution in [3.05, 3.63) is 35.9 Å². The lowest BCUT2D eigenvalue weighted by atomic mass is 10.1. The quantitative estimate of drug-likeness (QED) is 0.884. The van der Waals surface area contributed by atoms with E-state index in [0.717, 1.165) is 10.5 Å². The lowest BCUT2D eigenvalue weighted by Crippen LogP contribution is -2.60. The summed E-state index contributed by atoms with van der Waals surface area (Å²) in [6.45, 7) is 5.31. The van der Waals surface area contributed by atoms with Gasteiger partial charge in [0.15, 0.2) is 6.04 Å². The normalized spacial score (nSPS) is 17.6. The number of hydrogen-bond donors (Lipinski definition) is 1. The summed E-state index contributed by atoms with van der Waals surface area (Å²) in [7, 11) is 0. The number of rotatable bonds is 3. The molecule has 1 aromatic carbocycles. The number of ether oxygens (including phenoxy) is 2. The van der Waals surface area contributed by atoms with E-state index in [0.29, 0.717) is 0 Å². The molecule has 8 heteroatoms. The van der Waals surface area contributed by atoms with Gasteiger partial charge in [0.1, 0.15) is 12.2 Å². The Morgan fingerprint density at radius 1 is 1.12 bits per heavy atom. The van der Waals surface area contributed by atoms with Crippen LogP contribution in [0, 0.1) is 0 Å². The fourth-order valence-electron chi connectivity index (χ4n) is 2.51. The maximum absolute atomic E-state index is 12.2. The van der Waals surface area contributed by atoms with E-state index >= 15 is 0 Å². The molecular formula is C18H24N2O6. The zero-order chi connectivity index (χ0) is 19.3. The van der Waals surface area contributed by atoms with E-state index in [1.165, 1.54) is 4.90 Å². The van der Waals surface area contributed by atoms with Crippen molar-refractivity contribution in [3.8, 4) is 0 Å². The van der Waals surface area contributed by atoms with Gasteiger partial charge in [-0.3, -0.25) is 4.90 Å². The van der Waals surface area contributed by atoms with Gasteiger partial charge in [-0.25, -0.2) is 14.4 Å². The Morgan fingerprint density at radius 3 is 2.35 bits per heavy atom. The Labute approximate surface area is 152 Å². The number of hydrogen-bond acceptors (Lipinski definition) is 5. The molecule has 2 rings (SSSR count). The first-order valence-electron chi connectivity index (χ1n) is 8.35. The van der Waals surface area contributed by atoms with Gasteiger partial charge in [0, 0.05) is 13.1 Å². The van der Waals surface area contributed by atoms with Crippen LogP contribution < -0.4 is 0 Å². The van der Waals surface area contributed by atoms with Crippen LogP contribution in [0.15, 0.2) is 30.3 Å². The summed E-state index contributed by atoms with van der Waals surface area (Å²) in [5.74, 6) is -1.20. The Hall–Kier alpha value is -2.77. The molecule has 0 aliphatic carbocycles.